The Bertz CT molecular complexity index is 642. The van der Waals surface area contributed by atoms with Crippen molar-refractivity contribution in [2.75, 3.05) is 6.61 Å². The molecule has 0 saturated heterocycles. The molecule has 0 unspecified atom stereocenters. The number of rotatable bonds is 6. The maximum absolute atomic E-state index is 13.6. The number of hydrogen-bond donors (Lipinski definition) is 1. The zero-order chi connectivity index (χ0) is 16.3. The number of halogens is 3. The summed E-state index contributed by atoms with van der Waals surface area (Å²) in [6.07, 6.45) is 3.25. The van der Waals surface area contributed by atoms with Gasteiger partial charge in [-0.15, -0.1) is 0 Å². The van der Waals surface area contributed by atoms with Crippen LogP contribution in [0.5, 0.6) is 0 Å². The summed E-state index contributed by atoms with van der Waals surface area (Å²) in [6.45, 7) is 1.75. The van der Waals surface area contributed by atoms with Gasteiger partial charge in [-0.2, -0.15) is 0 Å². The number of carbonyl (C=O) groups is 2. The van der Waals surface area contributed by atoms with Crippen LogP contribution in [0.3, 0.4) is 0 Å². The Balaban J connectivity index is 2.33. The van der Waals surface area contributed by atoms with Crippen molar-refractivity contribution in [3.05, 3.63) is 45.3 Å². The zero-order valence-corrected chi connectivity index (χ0v) is 13.3. The number of hydrogen-bond acceptors (Lipinski definition) is 4. The average Bonchev–Trinajstić information content (AvgIpc) is 3.27. The van der Waals surface area contributed by atoms with E-state index in [4.69, 9.17) is 27.9 Å². The Morgan fingerprint density at radius 2 is 2.05 bits per heavy atom. The third-order valence-electron chi connectivity index (χ3n) is 3.04. The Morgan fingerprint density at radius 3 is 2.64 bits per heavy atom. The van der Waals surface area contributed by atoms with Crippen LogP contribution in [0.1, 0.15) is 30.1 Å². The van der Waals surface area contributed by atoms with Gasteiger partial charge in [0.1, 0.15) is 11.4 Å². The van der Waals surface area contributed by atoms with Gasteiger partial charge in [-0.1, -0.05) is 23.2 Å². The molecule has 0 radical (unpaired) electrons. The Morgan fingerprint density at radius 1 is 1.36 bits per heavy atom. The molecule has 0 spiro atoms. The minimum atomic E-state index is -0.785. The molecule has 0 heterocycles. The third kappa shape index (κ3) is 3.99. The molecule has 1 aliphatic carbocycles. The van der Waals surface area contributed by atoms with Gasteiger partial charge in [0.25, 0.3) is 0 Å². The van der Waals surface area contributed by atoms with E-state index in [1.54, 1.807) is 6.92 Å². The van der Waals surface area contributed by atoms with Crippen LogP contribution in [-0.2, 0) is 9.53 Å². The molecule has 0 aliphatic heterocycles. The maximum atomic E-state index is 13.6. The summed E-state index contributed by atoms with van der Waals surface area (Å²) in [4.78, 5) is 24.4. The van der Waals surface area contributed by atoms with Crippen LogP contribution in [0, 0.1) is 5.82 Å². The predicted octanol–water partition coefficient (Wildman–Crippen LogP) is 3.51. The number of esters is 1. The normalized spacial score (nSPS) is 14.6. The van der Waals surface area contributed by atoms with Gasteiger partial charge in [0.15, 0.2) is 0 Å². The SMILES string of the molecule is CCOC(=O)/C(=C\NC1CC1)C(=O)c1cc(F)c(Cl)cc1Cl. The van der Waals surface area contributed by atoms with E-state index in [9.17, 15) is 14.0 Å². The van der Waals surface area contributed by atoms with Crippen molar-refractivity contribution in [1.82, 2.24) is 5.32 Å². The van der Waals surface area contributed by atoms with Crippen molar-refractivity contribution in [3.8, 4) is 0 Å². The third-order valence-corrected chi connectivity index (χ3v) is 3.64. The van der Waals surface area contributed by atoms with Crippen molar-refractivity contribution in [3.63, 3.8) is 0 Å². The molecule has 7 heteroatoms. The largest absolute Gasteiger partial charge is 0.462 e. The van der Waals surface area contributed by atoms with Crippen molar-refractivity contribution >= 4 is 35.0 Å². The van der Waals surface area contributed by atoms with Crippen LogP contribution < -0.4 is 5.32 Å². The van der Waals surface area contributed by atoms with E-state index in [1.165, 1.54) is 6.20 Å². The molecule has 0 amide bonds. The molecule has 1 aromatic carbocycles. The number of ketones is 1. The molecule has 4 nitrogen and oxygen atoms in total. The molecule has 1 fully saturated rings. The lowest BCUT2D eigenvalue weighted by atomic mass is 10.0. The van der Waals surface area contributed by atoms with E-state index in [2.05, 4.69) is 5.32 Å². The lowest BCUT2D eigenvalue weighted by Gasteiger charge is -2.09. The Hall–Kier alpha value is -1.59. The quantitative estimate of drug-likeness (QED) is 0.214. The maximum Gasteiger partial charge on any atom is 0.343 e. The topological polar surface area (TPSA) is 55.4 Å². The highest BCUT2D eigenvalue weighted by Crippen LogP contribution is 2.27. The van der Waals surface area contributed by atoms with Crippen molar-refractivity contribution in [2.24, 2.45) is 0 Å². The van der Waals surface area contributed by atoms with E-state index < -0.39 is 17.6 Å². The number of Topliss-reactive ketones (excluding diaryl/α,β-unsaturated/α-hetero) is 1. The number of benzene rings is 1. The second-order valence-corrected chi connectivity index (χ2v) is 5.61. The van der Waals surface area contributed by atoms with Crippen molar-refractivity contribution < 1.29 is 18.7 Å². The zero-order valence-electron chi connectivity index (χ0n) is 11.8. The molecule has 2 rings (SSSR count). The monoisotopic (exact) mass is 345 g/mol. The van der Waals surface area contributed by atoms with E-state index in [0.29, 0.717) is 0 Å². The highest BCUT2D eigenvalue weighted by molar-refractivity contribution is 6.39. The van der Waals surface area contributed by atoms with Gasteiger partial charge in [0.05, 0.1) is 16.7 Å². The summed E-state index contributed by atoms with van der Waals surface area (Å²) >= 11 is 11.5. The van der Waals surface area contributed by atoms with Crippen molar-refractivity contribution in [2.45, 2.75) is 25.8 Å². The van der Waals surface area contributed by atoms with Crippen LogP contribution in [0.2, 0.25) is 10.0 Å². The first kappa shape index (κ1) is 16.8. The molecule has 0 aromatic heterocycles. The Labute approximate surface area is 137 Å². The molecule has 0 bridgehead atoms. The van der Waals surface area contributed by atoms with Crippen LogP contribution >= 0.6 is 23.2 Å². The van der Waals surface area contributed by atoms with Gasteiger partial charge >= 0.3 is 5.97 Å². The van der Waals surface area contributed by atoms with Gasteiger partial charge in [0.2, 0.25) is 5.78 Å². The molecular weight excluding hydrogens is 332 g/mol. The van der Waals surface area contributed by atoms with Gasteiger partial charge < -0.3 is 10.1 Å². The number of ether oxygens (including phenoxy) is 1. The van der Waals surface area contributed by atoms with E-state index in [-0.39, 0.29) is 33.8 Å². The van der Waals surface area contributed by atoms with Crippen LogP contribution in [-0.4, -0.2) is 24.4 Å². The second kappa shape index (κ2) is 7.11. The summed E-state index contributed by atoms with van der Waals surface area (Å²) in [7, 11) is 0. The average molecular weight is 346 g/mol. The fourth-order valence-electron chi connectivity index (χ4n) is 1.72. The first-order valence-electron chi connectivity index (χ1n) is 6.76. The lowest BCUT2D eigenvalue weighted by Crippen LogP contribution is -2.21. The molecule has 1 aromatic rings. The van der Waals surface area contributed by atoms with E-state index in [1.807, 2.05) is 0 Å². The van der Waals surface area contributed by atoms with Crippen LogP contribution in [0.4, 0.5) is 4.39 Å². The highest BCUT2D eigenvalue weighted by Gasteiger charge is 2.26. The first-order chi connectivity index (χ1) is 10.4. The summed E-state index contributed by atoms with van der Waals surface area (Å²) in [5.41, 5.74) is -0.363. The van der Waals surface area contributed by atoms with Crippen molar-refractivity contribution in [1.29, 1.82) is 0 Å². The number of nitrogens with one attached hydrogen (secondary N) is 1. The first-order valence-corrected chi connectivity index (χ1v) is 7.52. The molecule has 0 atom stereocenters. The second-order valence-electron chi connectivity index (χ2n) is 4.79. The molecule has 1 aliphatic rings. The smallest absolute Gasteiger partial charge is 0.343 e. The molecule has 1 N–H and O–H groups in total. The van der Waals surface area contributed by atoms with Gasteiger partial charge in [-0.05, 0) is 31.9 Å². The highest BCUT2D eigenvalue weighted by atomic mass is 35.5. The van der Waals surface area contributed by atoms with Gasteiger partial charge in [-0.25, -0.2) is 9.18 Å². The molecule has 118 valence electrons. The fourth-order valence-corrected chi connectivity index (χ4v) is 2.19. The summed E-state index contributed by atoms with van der Waals surface area (Å²) in [6, 6.07) is 2.29. The molecule has 22 heavy (non-hydrogen) atoms. The number of carbonyl (C=O) groups excluding carboxylic acids is 2. The van der Waals surface area contributed by atoms with Crippen LogP contribution in [0.25, 0.3) is 0 Å². The predicted molar refractivity (Wildman–Crippen MR) is 81.6 cm³/mol. The molecular formula is C15H14Cl2FNO3. The van der Waals surface area contributed by atoms with E-state index in [0.717, 1.165) is 25.0 Å². The Kier molecular flexibility index (Phi) is 5.42. The molecule has 1 saturated carbocycles. The van der Waals surface area contributed by atoms with E-state index >= 15 is 0 Å². The standard InChI is InChI=1S/C15H14Cl2FNO3/c1-2-22-15(21)10(7-19-8-3-4-8)14(20)9-5-13(18)12(17)6-11(9)16/h5-8,19H,2-4H2,1H3/b10-7-. The minimum Gasteiger partial charge on any atom is -0.462 e. The summed E-state index contributed by atoms with van der Waals surface area (Å²) < 4.78 is 18.4. The fraction of sp³-hybridized carbons (Fsp3) is 0.333. The summed E-state index contributed by atoms with van der Waals surface area (Å²) in [5, 5.41) is 2.72. The minimum absolute atomic E-state index is 0.0296. The van der Waals surface area contributed by atoms with Crippen LogP contribution in [0.15, 0.2) is 23.9 Å². The van der Waals surface area contributed by atoms with Gasteiger partial charge in [0, 0.05) is 17.8 Å². The summed E-state index contributed by atoms with van der Waals surface area (Å²) in [5.74, 6) is -2.29. The van der Waals surface area contributed by atoms with Gasteiger partial charge in [-0.3, -0.25) is 4.79 Å². The lowest BCUT2D eigenvalue weighted by molar-refractivity contribution is -0.138.